The number of rotatable bonds is 15. The van der Waals surface area contributed by atoms with Crippen LogP contribution in [0.15, 0.2) is 35.4 Å². The van der Waals surface area contributed by atoms with Gasteiger partial charge in [0.1, 0.15) is 11.6 Å². The van der Waals surface area contributed by atoms with Crippen molar-refractivity contribution in [2.75, 3.05) is 11.9 Å². The molecule has 4 nitrogen and oxygen atoms in total. The maximum absolute atomic E-state index is 6.59. The SMILES string of the molecule is CCCCCCCCC1(CCCCCC)COC12CC(Nc1ccccc1)CCC2N=[NH2+]. The fourth-order valence-corrected chi connectivity index (χ4v) is 6.30. The fourth-order valence-electron chi connectivity index (χ4n) is 6.30. The van der Waals surface area contributed by atoms with Crippen molar-refractivity contribution in [3.05, 3.63) is 30.3 Å². The summed E-state index contributed by atoms with van der Waals surface area (Å²) in [4.78, 5) is 0. The summed E-state index contributed by atoms with van der Waals surface area (Å²) in [5.41, 5.74) is 7.29. The van der Waals surface area contributed by atoms with E-state index in [1.54, 1.807) is 0 Å². The van der Waals surface area contributed by atoms with Crippen LogP contribution < -0.4 is 10.8 Å². The van der Waals surface area contributed by atoms with Crippen molar-refractivity contribution >= 4 is 5.69 Å². The summed E-state index contributed by atoms with van der Waals surface area (Å²) in [5.74, 6) is 0. The lowest BCUT2D eigenvalue weighted by molar-refractivity contribution is -0.320. The van der Waals surface area contributed by atoms with Crippen molar-refractivity contribution in [3.8, 4) is 0 Å². The molecule has 1 heterocycles. The molecule has 0 aromatic heterocycles. The minimum atomic E-state index is -0.178. The molecule has 0 radical (unpaired) electrons. The van der Waals surface area contributed by atoms with Crippen LogP contribution >= 0.6 is 0 Å². The molecule has 0 amide bonds. The highest BCUT2D eigenvalue weighted by molar-refractivity contribution is 5.44. The van der Waals surface area contributed by atoms with E-state index >= 15 is 0 Å². The van der Waals surface area contributed by atoms with Gasteiger partial charge in [-0.25, -0.2) is 0 Å². The molecule has 3 rings (SSSR count). The number of unbranched alkanes of at least 4 members (excludes halogenated alkanes) is 8. The summed E-state index contributed by atoms with van der Waals surface area (Å²) in [6.45, 7) is 5.49. The van der Waals surface area contributed by atoms with Crippen molar-refractivity contribution in [2.45, 2.75) is 128 Å². The summed E-state index contributed by atoms with van der Waals surface area (Å²) < 4.78 is 6.59. The summed E-state index contributed by atoms with van der Waals surface area (Å²) in [6, 6.07) is 11.2. The molecule has 4 atom stereocenters. The van der Waals surface area contributed by atoms with Crippen molar-refractivity contribution in [2.24, 2.45) is 10.5 Å². The Morgan fingerprint density at radius 1 is 0.906 bits per heavy atom. The minimum Gasteiger partial charge on any atom is -0.382 e. The van der Waals surface area contributed by atoms with Crippen molar-refractivity contribution in [1.82, 2.24) is 0 Å². The van der Waals surface area contributed by atoms with E-state index in [4.69, 9.17) is 10.3 Å². The first-order valence-corrected chi connectivity index (χ1v) is 13.6. The molecular formula is C28H48N3O+. The smallest absolute Gasteiger partial charge is 0.142 e. The monoisotopic (exact) mass is 442 g/mol. The zero-order valence-corrected chi connectivity index (χ0v) is 20.8. The molecule has 1 aliphatic carbocycles. The number of ether oxygens (including phenoxy) is 1. The summed E-state index contributed by atoms with van der Waals surface area (Å²) >= 11 is 0. The van der Waals surface area contributed by atoms with Crippen LogP contribution in [0.3, 0.4) is 0 Å². The molecule has 1 spiro atoms. The van der Waals surface area contributed by atoms with Gasteiger partial charge in [-0.15, -0.1) is 0 Å². The molecular weight excluding hydrogens is 394 g/mol. The van der Waals surface area contributed by atoms with E-state index in [-0.39, 0.29) is 17.1 Å². The first-order valence-electron chi connectivity index (χ1n) is 13.6. The molecule has 4 heteroatoms. The number of hydrogen-bond acceptors (Lipinski definition) is 3. The Morgan fingerprint density at radius 2 is 1.53 bits per heavy atom. The Balaban J connectivity index is 1.70. The molecule has 3 N–H and O–H groups in total. The standard InChI is InChI=1S/C28H47N3O/c1-3-5-7-9-10-15-21-27(20-14-8-6-4-2)23-32-28(27)22-25(18-19-26(28)31-29)30-24-16-12-11-13-17-24/h11-13,16-17,25-26,29-30H,3-10,14-15,18-23H2,1-2H3/p+1. The first-order chi connectivity index (χ1) is 15.7. The molecule has 1 saturated carbocycles. The molecule has 1 aromatic carbocycles. The van der Waals surface area contributed by atoms with Crippen molar-refractivity contribution < 1.29 is 10.3 Å². The quantitative estimate of drug-likeness (QED) is 0.234. The average Bonchev–Trinajstić information content (AvgIpc) is 2.82. The van der Waals surface area contributed by atoms with Gasteiger partial charge in [-0.05, 0) is 49.4 Å². The molecule has 1 aliphatic heterocycles. The second kappa shape index (κ2) is 12.7. The molecule has 2 aliphatic rings. The number of hydrogen-bond donors (Lipinski definition) is 2. The average molecular weight is 443 g/mol. The predicted molar refractivity (Wildman–Crippen MR) is 134 cm³/mol. The van der Waals surface area contributed by atoms with E-state index in [1.807, 2.05) is 0 Å². The highest BCUT2D eigenvalue weighted by Crippen LogP contribution is 2.59. The van der Waals surface area contributed by atoms with Gasteiger partial charge in [0.05, 0.1) is 6.61 Å². The number of nitrogens with zero attached hydrogens (tertiary/aromatic N) is 1. The lowest BCUT2D eigenvalue weighted by Crippen LogP contribution is -2.72. The number of nitrogens with two attached hydrogens (primary N) is 1. The maximum atomic E-state index is 6.59. The van der Waals surface area contributed by atoms with Gasteiger partial charge in [0, 0.05) is 17.1 Å². The lowest BCUT2D eigenvalue weighted by Gasteiger charge is -2.63. The Kier molecular flexibility index (Phi) is 10.0. The molecule has 0 bridgehead atoms. The normalized spacial score (nSPS) is 29.6. The van der Waals surface area contributed by atoms with Crippen LogP contribution in [0.4, 0.5) is 5.69 Å². The van der Waals surface area contributed by atoms with Crippen LogP contribution in [0.5, 0.6) is 0 Å². The van der Waals surface area contributed by atoms with Crippen LogP contribution in [0.25, 0.3) is 0 Å². The predicted octanol–water partition coefficient (Wildman–Crippen LogP) is 6.71. The number of para-hydroxylation sites is 1. The molecule has 1 saturated heterocycles. The zero-order valence-electron chi connectivity index (χ0n) is 20.8. The number of nitrogens with one attached hydrogen (secondary N) is 1. The van der Waals surface area contributed by atoms with Gasteiger partial charge in [-0.1, -0.05) is 96.3 Å². The van der Waals surface area contributed by atoms with Crippen LogP contribution in [0, 0.1) is 5.41 Å². The minimum absolute atomic E-state index is 0.135. The van der Waals surface area contributed by atoms with E-state index in [1.165, 1.54) is 82.7 Å². The maximum Gasteiger partial charge on any atom is 0.142 e. The van der Waals surface area contributed by atoms with Crippen LogP contribution in [-0.2, 0) is 4.74 Å². The zero-order chi connectivity index (χ0) is 22.7. The second-order valence-electron chi connectivity index (χ2n) is 10.4. The van der Waals surface area contributed by atoms with Gasteiger partial charge in [0.2, 0.25) is 0 Å². The Hall–Kier alpha value is -1.42. The largest absolute Gasteiger partial charge is 0.382 e. The highest BCUT2D eigenvalue weighted by atomic mass is 16.5. The van der Waals surface area contributed by atoms with Crippen molar-refractivity contribution in [3.63, 3.8) is 0 Å². The first kappa shape index (κ1) is 25.2. The van der Waals surface area contributed by atoms with E-state index < -0.39 is 0 Å². The number of anilines is 1. The molecule has 1 aromatic rings. The van der Waals surface area contributed by atoms with Crippen molar-refractivity contribution in [1.29, 1.82) is 0 Å². The van der Waals surface area contributed by atoms with E-state index in [0.29, 0.717) is 6.04 Å². The van der Waals surface area contributed by atoms with Crippen LogP contribution in [0.1, 0.15) is 110 Å². The summed E-state index contributed by atoms with van der Waals surface area (Å²) in [7, 11) is 0. The molecule has 4 unspecified atom stereocenters. The number of benzene rings is 1. The van der Waals surface area contributed by atoms with E-state index in [2.05, 4.69) is 54.6 Å². The molecule has 2 fully saturated rings. The summed E-state index contributed by atoms with van der Waals surface area (Å²) in [6.07, 6.45) is 19.1. The Labute approximate surface area is 196 Å². The highest BCUT2D eigenvalue weighted by Gasteiger charge is 2.66. The lowest BCUT2D eigenvalue weighted by atomic mass is 9.54. The molecule has 180 valence electrons. The second-order valence-corrected chi connectivity index (χ2v) is 10.4. The topological polar surface area (TPSA) is 59.2 Å². The van der Waals surface area contributed by atoms with Gasteiger partial charge in [0.25, 0.3) is 0 Å². The Morgan fingerprint density at radius 3 is 2.12 bits per heavy atom. The van der Waals surface area contributed by atoms with E-state index in [0.717, 1.165) is 25.9 Å². The van der Waals surface area contributed by atoms with Crippen LogP contribution in [0.2, 0.25) is 0 Å². The molecule has 32 heavy (non-hydrogen) atoms. The third kappa shape index (κ3) is 5.92. The van der Waals surface area contributed by atoms with Gasteiger partial charge in [0.15, 0.2) is 0 Å². The van der Waals surface area contributed by atoms with Gasteiger partial charge in [-0.2, -0.15) is 5.53 Å². The third-order valence-corrected chi connectivity index (χ3v) is 8.22. The Bertz CT molecular complexity index is 666. The summed E-state index contributed by atoms with van der Waals surface area (Å²) in [5, 5.41) is 8.21. The van der Waals surface area contributed by atoms with Gasteiger partial charge in [-0.3, -0.25) is 0 Å². The third-order valence-electron chi connectivity index (χ3n) is 8.22. The van der Waals surface area contributed by atoms with Crippen LogP contribution in [-0.4, -0.2) is 24.3 Å². The fraction of sp³-hybridized carbons (Fsp3) is 0.786. The van der Waals surface area contributed by atoms with E-state index in [9.17, 15) is 0 Å². The van der Waals surface area contributed by atoms with Gasteiger partial charge < -0.3 is 10.1 Å². The van der Waals surface area contributed by atoms with Gasteiger partial charge >= 0.3 is 0 Å².